The Hall–Kier alpha value is -4.91. The fourth-order valence-corrected chi connectivity index (χ4v) is 4.39. The van der Waals surface area contributed by atoms with Crippen LogP contribution < -0.4 is 15.0 Å². The molecule has 39 heavy (non-hydrogen) atoms. The average molecular weight is 519 g/mol. The molecule has 4 aromatic carbocycles. The number of carbonyl (C=O) groups excluding carboxylic acids is 2. The number of aromatic amines is 1. The molecule has 196 valence electrons. The number of Topliss-reactive ketones (excluding diaryl/α,β-unsaturated/α-hetero) is 2. The number of rotatable bonds is 10. The Labute approximate surface area is 227 Å². The molecule has 7 heteroatoms. The molecule has 0 fully saturated rings. The minimum Gasteiger partial charge on any atom is -0.497 e. The summed E-state index contributed by atoms with van der Waals surface area (Å²) in [5, 5.41) is 3.25. The monoisotopic (exact) mass is 518 g/mol. The molecule has 5 rings (SSSR count). The van der Waals surface area contributed by atoms with Crippen molar-refractivity contribution in [1.29, 1.82) is 0 Å². The minimum absolute atomic E-state index is 0.0146. The second kappa shape index (κ2) is 11.2. The van der Waals surface area contributed by atoms with Gasteiger partial charge in [0.1, 0.15) is 5.75 Å². The summed E-state index contributed by atoms with van der Waals surface area (Å²) in [5.74, 6) is 1.43. The van der Waals surface area contributed by atoms with E-state index in [4.69, 9.17) is 4.74 Å². The molecule has 0 spiro atoms. The Morgan fingerprint density at radius 3 is 2.13 bits per heavy atom. The van der Waals surface area contributed by atoms with Gasteiger partial charge in [0, 0.05) is 55.5 Å². The lowest BCUT2D eigenvalue weighted by Gasteiger charge is -2.12. The molecule has 0 aliphatic rings. The van der Waals surface area contributed by atoms with Crippen LogP contribution in [-0.2, 0) is 12.8 Å². The van der Waals surface area contributed by atoms with Crippen LogP contribution in [0, 0.1) is 0 Å². The van der Waals surface area contributed by atoms with Crippen molar-refractivity contribution >= 4 is 39.9 Å². The number of fused-ring (bicyclic) bond motifs is 1. The fourth-order valence-electron chi connectivity index (χ4n) is 4.39. The normalized spacial score (nSPS) is 10.8. The summed E-state index contributed by atoms with van der Waals surface area (Å²) in [5.41, 5.74) is 6.62. The van der Waals surface area contributed by atoms with Gasteiger partial charge in [0.05, 0.1) is 18.1 Å². The highest BCUT2D eigenvalue weighted by atomic mass is 16.5. The Morgan fingerprint density at radius 1 is 0.821 bits per heavy atom. The molecule has 1 heterocycles. The smallest absolute Gasteiger partial charge is 0.205 e. The third-order valence-electron chi connectivity index (χ3n) is 6.59. The van der Waals surface area contributed by atoms with Crippen molar-refractivity contribution in [1.82, 2.24) is 9.97 Å². The maximum Gasteiger partial charge on any atom is 0.205 e. The molecule has 0 aliphatic heterocycles. The topological polar surface area (TPSA) is 87.3 Å². The van der Waals surface area contributed by atoms with Gasteiger partial charge in [0.2, 0.25) is 5.95 Å². The molecule has 0 atom stereocenters. The molecule has 0 radical (unpaired) electrons. The van der Waals surface area contributed by atoms with Crippen LogP contribution in [0.1, 0.15) is 31.8 Å². The van der Waals surface area contributed by atoms with Crippen LogP contribution >= 0.6 is 0 Å². The van der Waals surface area contributed by atoms with E-state index < -0.39 is 0 Å². The van der Waals surface area contributed by atoms with E-state index in [1.54, 1.807) is 19.2 Å². The Kier molecular flexibility index (Phi) is 7.41. The number of benzene rings is 4. The van der Waals surface area contributed by atoms with Gasteiger partial charge >= 0.3 is 0 Å². The Bertz CT molecular complexity index is 1620. The molecule has 0 aliphatic carbocycles. The van der Waals surface area contributed by atoms with Crippen LogP contribution in [0.2, 0.25) is 0 Å². The zero-order valence-corrected chi connectivity index (χ0v) is 22.2. The van der Waals surface area contributed by atoms with Crippen molar-refractivity contribution in [2.45, 2.75) is 12.8 Å². The van der Waals surface area contributed by atoms with Crippen LogP contribution in [0.15, 0.2) is 91.0 Å². The van der Waals surface area contributed by atoms with E-state index in [0.717, 1.165) is 39.3 Å². The Balaban J connectivity index is 1.21. The molecular formula is C32H30N4O3. The van der Waals surface area contributed by atoms with E-state index in [1.165, 1.54) is 0 Å². The van der Waals surface area contributed by atoms with Gasteiger partial charge in [0.15, 0.2) is 11.6 Å². The van der Waals surface area contributed by atoms with Crippen molar-refractivity contribution < 1.29 is 14.3 Å². The molecule has 0 unspecified atom stereocenters. The molecule has 2 N–H and O–H groups in total. The number of nitrogens with one attached hydrogen (secondary N) is 2. The number of aromatic nitrogens is 2. The van der Waals surface area contributed by atoms with E-state index in [0.29, 0.717) is 23.5 Å². The number of nitrogens with zero attached hydrogens (tertiary/aromatic N) is 2. The molecule has 0 saturated carbocycles. The van der Waals surface area contributed by atoms with Crippen molar-refractivity contribution in [3.63, 3.8) is 0 Å². The molecule has 7 nitrogen and oxygen atoms in total. The second-order valence-corrected chi connectivity index (χ2v) is 9.63. The standard InChI is InChI=1S/C32H30N4O3/c1-36(2)26-14-12-24(13-15-26)30(37)18-21-7-10-23(11-8-21)31(38)19-22-9-16-28-29(17-22)35-32(34-28)33-25-5-4-6-27(20-25)39-3/h4-17,20H,18-19H2,1-3H3,(H2,33,34,35). The quantitative estimate of drug-likeness (QED) is 0.213. The molecule has 1 aromatic heterocycles. The summed E-state index contributed by atoms with van der Waals surface area (Å²) >= 11 is 0. The van der Waals surface area contributed by atoms with Gasteiger partial charge in [-0.2, -0.15) is 0 Å². The summed E-state index contributed by atoms with van der Waals surface area (Å²) < 4.78 is 5.27. The summed E-state index contributed by atoms with van der Waals surface area (Å²) in [6, 6.07) is 28.3. The molecule has 0 saturated heterocycles. The van der Waals surface area contributed by atoms with Gasteiger partial charge in [-0.05, 0) is 59.7 Å². The van der Waals surface area contributed by atoms with Crippen molar-refractivity contribution in [2.75, 3.05) is 31.4 Å². The summed E-state index contributed by atoms with van der Waals surface area (Å²) in [6.07, 6.45) is 0.558. The zero-order valence-electron chi connectivity index (χ0n) is 22.2. The molecule has 0 amide bonds. The second-order valence-electron chi connectivity index (χ2n) is 9.63. The molecular weight excluding hydrogens is 488 g/mol. The van der Waals surface area contributed by atoms with Gasteiger partial charge < -0.3 is 19.9 Å². The number of carbonyl (C=O) groups is 2. The average Bonchev–Trinajstić information content (AvgIpc) is 3.35. The highest BCUT2D eigenvalue weighted by Gasteiger charge is 2.12. The number of ketones is 2. The van der Waals surface area contributed by atoms with E-state index in [9.17, 15) is 9.59 Å². The lowest BCUT2D eigenvalue weighted by molar-refractivity contribution is 0.0986. The first-order valence-corrected chi connectivity index (χ1v) is 12.7. The highest BCUT2D eigenvalue weighted by Crippen LogP contribution is 2.23. The Morgan fingerprint density at radius 2 is 1.46 bits per heavy atom. The lowest BCUT2D eigenvalue weighted by atomic mass is 9.98. The zero-order chi connectivity index (χ0) is 27.4. The predicted octanol–water partition coefficient (Wildman–Crippen LogP) is 6.23. The van der Waals surface area contributed by atoms with E-state index in [2.05, 4.69) is 15.3 Å². The van der Waals surface area contributed by atoms with E-state index in [-0.39, 0.29) is 18.0 Å². The third kappa shape index (κ3) is 6.15. The van der Waals surface area contributed by atoms with Crippen LogP contribution in [0.4, 0.5) is 17.3 Å². The van der Waals surface area contributed by atoms with Crippen LogP contribution in [0.3, 0.4) is 0 Å². The number of hydrogen-bond acceptors (Lipinski definition) is 6. The number of methoxy groups -OCH3 is 1. The lowest BCUT2D eigenvalue weighted by Crippen LogP contribution is -2.09. The predicted molar refractivity (Wildman–Crippen MR) is 156 cm³/mol. The number of hydrogen-bond donors (Lipinski definition) is 2. The first kappa shape index (κ1) is 25.7. The minimum atomic E-state index is 0.0146. The maximum atomic E-state index is 13.0. The van der Waals surface area contributed by atoms with Crippen LogP contribution in [0.25, 0.3) is 11.0 Å². The van der Waals surface area contributed by atoms with Crippen LogP contribution in [-0.4, -0.2) is 42.7 Å². The summed E-state index contributed by atoms with van der Waals surface area (Å²) in [7, 11) is 5.56. The fraction of sp³-hybridized carbons (Fsp3) is 0.156. The van der Waals surface area contributed by atoms with E-state index in [1.807, 2.05) is 97.9 Å². The van der Waals surface area contributed by atoms with Crippen LogP contribution in [0.5, 0.6) is 5.75 Å². The SMILES string of the molecule is COc1cccc(Nc2nc3ccc(CC(=O)c4ccc(CC(=O)c5ccc(N(C)C)cc5)cc4)cc3[nH]2)c1. The van der Waals surface area contributed by atoms with Crippen molar-refractivity contribution in [2.24, 2.45) is 0 Å². The number of anilines is 3. The summed E-state index contributed by atoms with van der Waals surface area (Å²) in [4.78, 5) is 35.5. The van der Waals surface area contributed by atoms with E-state index >= 15 is 0 Å². The van der Waals surface area contributed by atoms with Gasteiger partial charge in [-0.1, -0.05) is 36.4 Å². The first-order valence-electron chi connectivity index (χ1n) is 12.7. The number of ether oxygens (including phenoxy) is 1. The number of imidazole rings is 1. The van der Waals surface area contributed by atoms with Gasteiger partial charge in [-0.15, -0.1) is 0 Å². The third-order valence-corrected chi connectivity index (χ3v) is 6.59. The first-order chi connectivity index (χ1) is 18.9. The number of H-pyrrole nitrogens is 1. The van der Waals surface area contributed by atoms with Gasteiger partial charge in [0.25, 0.3) is 0 Å². The van der Waals surface area contributed by atoms with Crippen molar-refractivity contribution in [3.8, 4) is 5.75 Å². The van der Waals surface area contributed by atoms with Gasteiger partial charge in [-0.25, -0.2) is 4.98 Å². The van der Waals surface area contributed by atoms with Gasteiger partial charge in [-0.3, -0.25) is 9.59 Å². The molecule has 5 aromatic rings. The molecule has 0 bridgehead atoms. The maximum absolute atomic E-state index is 13.0. The largest absolute Gasteiger partial charge is 0.497 e. The highest BCUT2D eigenvalue weighted by molar-refractivity contribution is 5.99. The van der Waals surface area contributed by atoms with Crippen molar-refractivity contribution in [3.05, 3.63) is 113 Å². The summed E-state index contributed by atoms with van der Waals surface area (Å²) in [6.45, 7) is 0.